The van der Waals surface area contributed by atoms with Crippen molar-refractivity contribution < 1.29 is 23.5 Å². The highest BCUT2D eigenvalue weighted by molar-refractivity contribution is 6.04. The van der Waals surface area contributed by atoms with Crippen LogP contribution in [0.3, 0.4) is 0 Å². The molecule has 4 nitrogen and oxygen atoms in total. The smallest absolute Gasteiger partial charge is 0.316 e. The van der Waals surface area contributed by atoms with E-state index in [2.05, 4.69) is 0 Å². The van der Waals surface area contributed by atoms with Crippen LogP contribution in [0.2, 0.25) is 0 Å². The van der Waals surface area contributed by atoms with Crippen LogP contribution >= 0.6 is 0 Å². The number of ketones is 2. The van der Waals surface area contributed by atoms with Crippen molar-refractivity contribution in [3.05, 3.63) is 0 Å². The summed E-state index contributed by atoms with van der Waals surface area (Å²) in [5, 5.41) is 0. The van der Waals surface area contributed by atoms with Crippen LogP contribution in [0.5, 0.6) is 0 Å². The fourth-order valence-electron chi connectivity index (χ4n) is 4.70. The second kappa shape index (κ2) is 9.61. The van der Waals surface area contributed by atoms with Gasteiger partial charge in [0.15, 0.2) is 0 Å². The fraction of sp³-hybridized carbons (Fsp3) is 0.857. The zero-order valence-electron chi connectivity index (χ0n) is 16.3. The van der Waals surface area contributed by atoms with Crippen LogP contribution in [0.25, 0.3) is 0 Å². The molecule has 5 heteroatoms. The molecule has 0 N–H and O–H groups in total. The molecule has 148 valence electrons. The van der Waals surface area contributed by atoms with E-state index in [9.17, 15) is 18.8 Å². The lowest BCUT2D eigenvalue weighted by atomic mass is 9.66. The van der Waals surface area contributed by atoms with Gasteiger partial charge in [0.1, 0.15) is 23.7 Å². The summed E-state index contributed by atoms with van der Waals surface area (Å²) in [7, 11) is 1.28. The molecule has 0 heterocycles. The molecular formula is C21H33FO4. The van der Waals surface area contributed by atoms with Crippen molar-refractivity contribution in [3.8, 4) is 0 Å². The number of carbonyl (C=O) groups excluding carboxylic acids is 3. The van der Waals surface area contributed by atoms with Crippen molar-refractivity contribution in [2.45, 2.75) is 77.8 Å². The van der Waals surface area contributed by atoms with Gasteiger partial charge in [0.2, 0.25) is 0 Å². The largest absolute Gasteiger partial charge is 0.468 e. The molecule has 0 spiro atoms. The molecule has 0 aromatic carbocycles. The molecule has 0 radical (unpaired) electrons. The number of methoxy groups -OCH3 is 1. The number of Topliss-reactive ketones (excluding diaryl/α,β-unsaturated/α-hetero) is 2. The van der Waals surface area contributed by atoms with Gasteiger partial charge in [0, 0.05) is 17.8 Å². The van der Waals surface area contributed by atoms with Crippen molar-refractivity contribution in [2.75, 3.05) is 7.11 Å². The molecule has 2 rings (SSSR count). The highest BCUT2D eigenvalue weighted by atomic mass is 19.1. The second-order valence-corrected chi connectivity index (χ2v) is 8.33. The molecule has 0 aliphatic heterocycles. The molecule has 2 atom stereocenters. The van der Waals surface area contributed by atoms with Gasteiger partial charge in [0.25, 0.3) is 0 Å². The van der Waals surface area contributed by atoms with Crippen LogP contribution in [0.15, 0.2) is 0 Å². The van der Waals surface area contributed by atoms with Crippen molar-refractivity contribution in [1.29, 1.82) is 0 Å². The van der Waals surface area contributed by atoms with Crippen LogP contribution in [-0.2, 0) is 19.1 Å². The third kappa shape index (κ3) is 4.92. The Balaban J connectivity index is 2.32. The number of alkyl halides is 1. The molecular weight excluding hydrogens is 335 g/mol. The van der Waals surface area contributed by atoms with E-state index in [0.29, 0.717) is 25.7 Å². The van der Waals surface area contributed by atoms with E-state index in [-0.39, 0.29) is 29.3 Å². The summed E-state index contributed by atoms with van der Waals surface area (Å²) in [6.07, 6.45) is 5.92. The van der Waals surface area contributed by atoms with Crippen LogP contribution in [-0.4, -0.2) is 30.8 Å². The quantitative estimate of drug-likeness (QED) is 0.497. The van der Waals surface area contributed by atoms with E-state index in [1.165, 1.54) is 7.11 Å². The number of halogens is 1. The first-order valence-electron chi connectivity index (χ1n) is 10.2. The molecule has 2 fully saturated rings. The van der Waals surface area contributed by atoms with Crippen LogP contribution in [0.4, 0.5) is 4.39 Å². The summed E-state index contributed by atoms with van der Waals surface area (Å²) in [6.45, 7) is 3.52. The summed E-state index contributed by atoms with van der Waals surface area (Å²) in [5.41, 5.74) is 0. The molecule has 0 bridgehead atoms. The lowest BCUT2D eigenvalue weighted by molar-refractivity contribution is -0.158. The molecule has 2 unspecified atom stereocenters. The van der Waals surface area contributed by atoms with Gasteiger partial charge in [-0.3, -0.25) is 14.4 Å². The van der Waals surface area contributed by atoms with Crippen LogP contribution in [0.1, 0.15) is 71.6 Å². The maximum absolute atomic E-state index is 13.5. The molecule has 0 amide bonds. The van der Waals surface area contributed by atoms with Crippen molar-refractivity contribution >= 4 is 17.5 Å². The first kappa shape index (κ1) is 21.0. The fourth-order valence-corrected chi connectivity index (χ4v) is 4.70. The van der Waals surface area contributed by atoms with Gasteiger partial charge in [-0.25, -0.2) is 4.39 Å². The minimum absolute atomic E-state index is 0.00630. The Kier molecular flexibility index (Phi) is 7.78. The average Bonchev–Trinajstić information content (AvgIpc) is 2.65. The maximum Gasteiger partial charge on any atom is 0.316 e. The Hall–Kier alpha value is -1.26. The normalized spacial score (nSPS) is 27.0. The topological polar surface area (TPSA) is 60.4 Å². The Morgan fingerprint density at radius 3 is 2.00 bits per heavy atom. The van der Waals surface area contributed by atoms with Gasteiger partial charge < -0.3 is 4.74 Å². The number of carbonyl (C=O) groups is 3. The first-order valence-corrected chi connectivity index (χ1v) is 10.2. The predicted molar refractivity (Wildman–Crippen MR) is 97.3 cm³/mol. The van der Waals surface area contributed by atoms with Gasteiger partial charge >= 0.3 is 5.97 Å². The molecule has 0 saturated heterocycles. The number of ether oxygens (including phenoxy) is 1. The van der Waals surface area contributed by atoms with E-state index < -0.39 is 24.0 Å². The van der Waals surface area contributed by atoms with Gasteiger partial charge in [-0.05, 0) is 44.4 Å². The third-order valence-electron chi connectivity index (χ3n) is 6.24. The Morgan fingerprint density at radius 1 is 0.923 bits per heavy atom. The lowest BCUT2D eigenvalue weighted by Crippen LogP contribution is -2.45. The SMILES string of the molecule is COC(=O)C(C(=O)C(C)C)C(C(=O)C1CCC(F)CC1)C1CCCCC1. The number of hydrogen-bond donors (Lipinski definition) is 0. The van der Waals surface area contributed by atoms with E-state index in [0.717, 1.165) is 32.1 Å². The maximum atomic E-state index is 13.5. The van der Waals surface area contributed by atoms with E-state index >= 15 is 0 Å². The second-order valence-electron chi connectivity index (χ2n) is 8.33. The van der Waals surface area contributed by atoms with Gasteiger partial charge in [-0.15, -0.1) is 0 Å². The third-order valence-corrected chi connectivity index (χ3v) is 6.24. The van der Waals surface area contributed by atoms with Crippen LogP contribution in [0, 0.1) is 29.6 Å². The summed E-state index contributed by atoms with van der Waals surface area (Å²) in [4.78, 5) is 38.8. The van der Waals surface area contributed by atoms with E-state index in [1.54, 1.807) is 13.8 Å². The summed E-state index contributed by atoms with van der Waals surface area (Å²) in [6, 6.07) is 0. The summed E-state index contributed by atoms with van der Waals surface area (Å²) < 4.78 is 18.5. The molecule has 0 aromatic rings. The van der Waals surface area contributed by atoms with Crippen molar-refractivity contribution in [3.63, 3.8) is 0 Å². The Morgan fingerprint density at radius 2 is 1.50 bits per heavy atom. The van der Waals surface area contributed by atoms with Crippen LogP contribution < -0.4 is 0 Å². The number of hydrogen-bond acceptors (Lipinski definition) is 4. The first-order chi connectivity index (χ1) is 12.4. The minimum Gasteiger partial charge on any atom is -0.468 e. The molecule has 26 heavy (non-hydrogen) atoms. The van der Waals surface area contributed by atoms with E-state index in [4.69, 9.17) is 4.74 Å². The number of rotatable bonds is 7. The highest BCUT2D eigenvalue weighted by Gasteiger charge is 2.46. The molecule has 2 aliphatic rings. The van der Waals surface area contributed by atoms with Gasteiger partial charge in [-0.1, -0.05) is 33.1 Å². The molecule has 2 saturated carbocycles. The Bertz CT molecular complexity index is 502. The highest BCUT2D eigenvalue weighted by Crippen LogP contribution is 2.40. The van der Waals surface area contributed by atoms with Gasteiger partial charge in [-0.2, -0.15) is 0 Å². The van der Waals surface area contributed by atoms with E-state index in [1.807, 2.05) is 0 Å². The predicted octanol–water partition coefficient (Wildman–Crippen LogP) is 4.29. The molecule has 2 aliphatic carbocycles. The van der Waals surface area contributed by atoms with Crippen molar-refractivity contribution in [2.24, 2.45) is 29.6 Å². The zero-order valence-corrected chi connectivity index (χ0v) is 16.3. The summed E-state index contributed by atoms with van der Waals surface area (Å²) >= 11 is 0. The standard InChI is InChI=1S/C21H33FO4/c1-13(2)19(23)18(21(25)26-3)17(14-7-5-4-6-8-14)20(24)15-9-11-16(22)12-10-15/h13-18H,4-12H2,1-3H3. The monoisotopic (exact) mass is 368 g/mol. The lowest BCUT2D eigenvalue weighted by Gasteiger charge is -2.36. The van der Waals surface area contributed by atoms with Crippen molar-refractivity contribution in [1.82, 2.24) is 0 Å². The zero-order chi connectivity index (χ0) is 19.3. The average molecular weight is 368 g/mol. The summed E-state index contributed by atoms with van der Waals surface area (Å²) in [5.74, 6) is -2.95. The number of esters is 1. The van der Waals surface area contributed by atoms with Gasteiger partial charge in [0.05, 0.1) is 7.11 Å². The Labute approximate surface area is 156 Å². The minimum atomic E-state index is -1.02. The molecule has 0 aromatic heterocycles.